The monoisotopic (exact) mass is 256 g/mol. The third kappa shape index (κ3) is 2.03. The molecular formula is C16H20N2O. The first kappa shape index (κ1) is 12.3. The Labute approximate surface area is 113 Å². The summed E-state index contributed by atoms with van der Waals surface area (Å²) in [6.07, 6.45) is 3.04. The minimum Gasteiger partial charge on any atom is -0.353 e. The number of aryl methyl sites for hydroxylation is 2. The van der Waals surface area contributed by atoms with Crippen molar-refractivity contribution >= 4 is 16.8 Å². The molecular weight excluding hydrogens is 236 g/mol. The number of fused-ring (bicyclic) bond motifs is 3. The van der Waals surface area contributed by atoms with Crippen molar-refractivity contribution < 1.29 is 4.79 Å². The second-order valence-corrected chi connectivity index (χ2v) is 5.65. The van der Waals surface area contributed by atoms with Crippen LogP contribution in [0.25, 0.3) is 10.9 Å². The van der Waals surface area contributed by atoms with Gasteiger partial charge in [0.05, 0.1) is 0 Å². The SMILES string of the molecule is CC(=O)NC1CCc2c(c3cc(C)ccc3n2C)C1. The van der Waals surface area contributed by atoms with Crippen molar-refractivity contribution in [3.05, 3.63) is 35.0 Å². The van der Waals surface area contributed by atoms with Crippen LogP contribution in [0.5, 0.6) is 0 Å². The van der Waals surface area contributed by atoms with Gasteiger partial charge in [0.15, 0.2) is 0 Å². The van der Waals surface area contributed by atoms with Gasteiger partial charge in [0.25, 0.3) is 0 Å². The van der Waals surface area contributed by atoms with Gasteiger partial charge in [-0.05, 0) is 43.9 Å². The van der Waals surface area contributed by atoms with E-state index in [9.17, 15) is 4.79 Å². The lowest BCUT2D eigenvalue weighted by molar-refractivity contribution is -0.119. The van der Waals surface area contributed by atoms with Gasteiger partial charge in [-0.3, -0.25) is 4.79 Å². The third-order valence-corrected chi connectivity index (χ3v) is 4.18. The first-order chi connectivity index (χ1) is 9.06. The number of benzene rings is 1. The highest BCUT2D eigenvalue weighted by molar-refractivity contribution is 5.86. The van der Waals surface area contributed by atoms with Crippen molar-refractivity contribution in [1.82, 2.24) is 9.88 Å². The number of carbonyl (C=O) groups excluding carboxylic acids is 1. The first-order valence-electron chi connectivity index (χ1n) is 6.90. The van der Waals surface area contributed by atoms with Crippen molar-refractivity contribution in [2.75, 3.05) is 0 Å². The van der Waals surface area contributed by atoms with Gasteiger partial charge in [0.2, 0.25) is 5.91 Å². The summed E-state index contributed by atoms with van der Waals surface area (Å²) < 4.78 is 2.31. The van der Waals surface area contributed by atoms with Crippen molar-refractivity contribution in [2.45, 2.75) is 39.2 Å². The van der Waals surface area contributed by atoms with Gasteiger partial charge in [-0.15, -0.1) is 0 Å². The zero-order valence-electron chi connectivity index (χ0n) is 11.8. The summed E-state index contributed by atoms with van der Waals surface area (Å²) in [5.74, 6) is 0.0740. The molecule has 0 fully saturated rings. The Morgan fingerprint density at radius 2 is 2.21 bits per heavy atom. The van der Waals surface area contributed by atoms with Crippen LogP contribution in [0.4, 0.5) is 0 Å². The average molecular weight is 256 g/mol. The Morgan fingerprint density at radius 1 is 1.42 bits per heavy atom. The molecule has 1 heterocycles. The zero-order chi connectivity index (χ0) is 13.6. The number of carbonyl (C=O) groups is 1. The number of nitrogens with one attached hydrogen (secondary N) is 1. The molecule has 0 aliphatic heterocycles. The van der Waals surface area contributed by atoms with E-state index in [0.29, 0.717) is 0 Å². The van der Waals surface area contributed by atoms with Crippen LogP contribution in [0.1, 0.15) is 30.2 Å². The molecule has 0 spiro atoms. The van der Waals surface area contributed by atoms with E-state index >= 15 is 0 Å². The zero-order valence-corrected chi connectivity index (χ0v) is 11.8. The van der Waals surface area contributed by atoms with Crippen LogP contribution in [-0.2, 0) is 24.7 Å². The molecule has 3 nitrogen and oxygen atoms in total. The fourth-order valence-corrected chi connectivity index (χ4v) is 3.30. The van der Waals surface area contributed by atoms with Crippen LogP contribution < -0.4 is 5.32 Å². The van der Waals surface area contributed by atoms with Gasteiger partial charge < -0.3 is 9.88 Å². The Bertz CT molecular complexity index is 654. The maximum atomic E-state index is 11.2. The number of hydrogen-bond donors (Lipinski definition) is 1. The maximum absolute atomic E-state index is 11.2. The topological polar surface area (TPSA) is 34.0 Å². The molecule has 0 saturated heterocycles. The number of rotatable bonds is 1. The molecule has 1 amide bonds. The maximum Gasteiger partial charge on any atom is 0.217 e. The number of aromatic nitrogens is 1. The quantitative estimate of drug-likeness (QED) is 0.835. The smallest absolute Gasteiger partial charge is 0.217 e. The fraction of sp³-hybridized carbons (Fsp3) is 0.438. The Kier molecular flexibility index (Phi) is 2.85. The van der Waals surface area contributed by atoms with E-state index in [4.69, 9.17) is 0 Å². The summed E-state index contributed by atoms with van der Waals surface area (Å²) in [4.78, 5) is 11.2. The first-order valence-corrected chi connectivity index (χ1v) is 6.90. The van der Waals surface area contributed by atoms with Gasteiger partial charge in [-0.1, -0.05) is 11.6 Å². The van der Waals surface area contributed by atoms with E-state index in [1.54, 1.807) is 6.92 Å². The molecule has 1 aromatic carbocycles. The molecule has 1 aromatic heterocycles. The molecule has 0 bridgehead atoms. The third-order valence-electron chi connectivity index (χ3n) is 4.18. The highest BCUT2D eigenvalue weighted by Crippen LogP contribution is 2.32. The largest absolute Gasteiger partial charge is 0.353 e. The molecule has 0 saturated carbocycles. The highest BCUT2D eigenvalue weighted by Gasteiger charge is 2.24. The Hall–Kier alpha value is -1.77. The average Bonchev–Trinajstić information content (AvgIpc) is 2.62. The minimum absolute atomic E-state index is 0.0740. The molecule has 3 heteroatoms. The van der Waals surface area contributed by atoms with Crippen molar-refractivity contribution in [3.63, 3.8) is 0 Å². The van der Waals surface area contributed by atoms with Crippen LogP contribution in [0, 0.1) is 6.92 Å². The van der Waals surface area contributed by atoms with Crippen LogP contribution in [-0.4, -0.2) is 16.5 Å². The van der Waals surface area contributed by atoms with Crippen LogP contribution in [0.15, 0.2) is 18.2 Å². The second kappa shape index (κ2) is 4.41. The summed E-state index contributed by atoms with van der Waals surface area (Å²) in [7, 11) is 2.15. The molecule has 3 rings (SSSR count). The molecule has 100 valence electrons. The van der Waals surface area contributed by atoms with Crippen molar-refractivity contribution in [3.8, 4) is 0 Å². The number of hydrogen-bond acceptors (Lipinski definition) is 1. The van der Waals surface area contributed by atoms with Gasteiger partial charge in [-0.2, -0.15) is 0 Å². The van der Waals surface area contributed by atoms with Gasteiger partial charge >= 0.3 is 0 Å². The molecule has 2 aromatic rings. The number of nitrogens with zero attached hydrogens (tertiary/aromatic N) is 1. The molecule has 19 heavy (non-hydrogen) atoms. The summed E-state index contributed by atoms with van der Waals surface area (Å²) >= 11 is 0. The lowest BCUT2D eigenvalue weighted by Crippen LogP contribution is -2.37. The molecule has 1 N–H and O–H groups in total. The number of amides is 1. The lowest BCUT2D eigenvalue weighted by Gasteiger charge is -2.24. The normalized spacial score (nSPS) is 18.4. The Balaban J connectivity index is 2.07. The van der Waals surface area contributed by atoms with E-state index in [-0.39, 0.29) is 11.9 Å². The highest BCUT2D eigenvalue weighted by atomic mass is 16.1. The van der Waals surface area contributed by atoms with Crippen LogP contribution in [0.3, 0.4) is 0 Å². The predicted molar refractivity (Wildman–Crippen MR) is 77.3 cm³/mol. The molecule has 1 aliphatic rings. The van der Waals surface area contributed by atoms with Gasteiger partial charge in [0.1, 0.15) is 0 Å². The van der Waals surface area contributed by atoms with Crippen molar-refractivity contribution in [1.29, 1.82) is 0 Å². The minimum atomic E-state index is 0.0740. The molecule has 1 unspecified atom stereocenters. The summed E-state index contributed by atoms with van der Waals surface area (Å²) in [5.41, 5.74) is 5.45. The van der Waals surface area contributed by atoms with E-state index in [0.717, 1.165) is 19.3 Å². The van der Waals surface area contributed by atoms with Gasteiger partial charge in [0, 0.05) is 36.6 Å². The van der Waals surface area contributed by atoms with Gasteiger partial charge in [-0.25, -0.2) is 0 Å². The van der Waals surface area contributed by atoms with E-state index in [2.05, 4.69) is 42.1 Å². The summed E-state index contributed by atoms with van der Waals surface area (Å²) in [5, 5.41) is 4.42. The lowest BCUT2D eigenvalue weighted by atomic mass is 9.91. The van der Waals surface area contributed by atoms with E-state index in [1.165, 1.54) is 27.7 Å². The fourth-order valence-electron chi connectivity index (χ4n) is 3.30. The summed E-state index contributed by atoms with van der Waals surface area (Å²) in [6, 6.07) is 6.93. The van der Waals surface area contributed by atoms with Crippen LogP contribution in [0.2, 0.25) is 0 Å². The molecule has 1 aliphatic carbocycles. The van der Waals surface area contributed by atoms with Crippen LogP contribution >= 0.6 is 0 Å². The summed E-state index contributed by atoms with van der Waals surface area (Å²) in [6.45, 7) is 3.73. The second-order valence-electron chi connectivity index (χ2n) is 5.65. The predicted octanol–water partition coefficient (Wildman–Crippen LogP) is 2.48. The standard InChI is InChI=1S/C16H20N2O/c1-10-4-6-15-13(8-10)14-9-12(17-11(2)19)5-7-16(14)18(15)3/h4,6,8,12H,5,7,9H2,1-3H3,(H,17,19). The van der Waals surface area contributed by atoms with E-state index < -0.39 is 0 Å². The molecule has 0 radical (unpaired) electrons. The van der Waals surface area contributed by atoms with E-state index in [1.807, 2.05) is 0 Å². The molecule has 1 atom stereocenters. The van der Waals surface area contributed by atoms with Crippen molar-refractivity contribution in [2.24, 2.45) is 7.05 Å². The Morgan fingerprint density at radius 3 is 2.95 bits per heavy atom.